The summed E-state index contributed by atoms with van der Waals surface area (Å²) in [7, 11) is 0. The highest BCUT2D eigenvalue weighted by atomic mass is 16.5. The molecule has 1 aromatic carbocycles. The van der Waals surface area contributed by atoms with Crippen molar-refractivity contribution in [2.75, 3.05) is 26.2 Å². The Bertz CT molecular complexity index is 488. The summed E-state index contributed by atoms with van der Waals surface area (Å²) >= 11 is 0. The summed E-state index contributed by atoms with van der Waals surface area (Å²) in [4.78, 5) is 2.63. The first-order valence-corrected chi connectivity index (χ1v) is 8.35. The molecule has 0 saturated carbocycles. The number of nitrogens with one attached hydrogen (secondary N) is 1. The predicted molar refractivity (Wildman–Crippen MR) is 86.7 cm³/mol. The minimum Gasteiger partial charge on any atom is -0.373 e. The van der Waals surface area contributed by atoms with Crippen LogP contribution >= 0.6 is 0 Å². The van der Waals surface area contributed by atoms with Crippen molar-refractivity contribution in [1.29, 1.82) is 0 Å². The van der Waals surface area contributed by atoms with Crippen LogP contribution in [0.3, 0.4) is 0 Å². The third-order valence-corrected chi connectivity index (χ3v) is 4.98. The van der Waals surface area contributed by atoms with Crippen LogP contribution in [0.15, 0.2) is 18.2 Å². The van der Waals surface area contributed by atoms with Crippen LogP contribution in [0.1, 0.15) is 42.5 Å². The van der Waals surface area contributed by atoms with Gasteiger partial charge >= 0.3 is 0 Å². The SMILES string of the molecule is CCNC(c1cc(C)ccc1C)C1CN2CCCC2CO1. The Morgan fingerprint density at radius 3 is 3.05 bits per heavy atom. The van der Waals surface area contributed by atoms with E-state index in [0.717, 1.165) is 19.7 Å². The van der Waals surface area contributed by atoms with E-state index >= 15 is 0 Å². The highest BCUT2D eigenvalue weighted by molar-refractivity contribution is 5.34. The first-order chi connectivity index (χ1) is 10.2. The van der Waals surface area contributed by atoms with E-state index in [-0.39, 0.29) is 6.10 Å². The van der Waals surface area contributed by atoms with Crippen LogP contribution in [-0.2, 0) is 4.74 Å². The van der Waals surface area contributed by atoms with Crippen molar-refractivity contribution in [1.82, 2.24) is 10.2 Å². The average Bonchev–Trinajstić information content (AvgIpc) is 2.95. The predicted octanol–water partition coefficient (Wildman–Crippen LogP) is 2.82. The van der Waals surface area contributed by atoms with Crippen molar-refractivity contribution in [2.45, 2.75) is 51.8 Å². The van der Waals surface area contributed by atoms with Gasteiger partial charge in [0, 0.05) is 12.6 Å². The number of nitrogens with zero attached hydrogens (tertiary/aromatic N) is 1. The summed E-state index contributed by atoms with van der Waals surface area (Å²) in [6, 6.07) is 7.72. The van der Waals surface area contributed by atoms with E-state index in [4.69, 9.17) is 4.74 Å². The lowest BCUT2D eigenvalue weighted by atomic mass is 9.94. The van der Waals surface area contributed by atoms with Gasteiger partial charge < -0.3 is 10.1 Å². The largest absolute Gasteiger partial charge is 0.373 e. The molecule has 3 unspecified atom stereocenters. The van der Waals surface area contributed by atoms with Crippen molar-refractivity contribution in [2.24, 2.45) is 0 Å². The van der Waals surface area contributed by atoms with Gasteiger partial charge in [-0.1, -0.05) is 30.7 Å². The maximum atomic E-state index is 6.25. The maximum absolute atomic E-state index is 6.25. The quantitative estimate of drug-likeness (QED) is 0.922. The third kappa shape index (κ3) is 3.15. The fraction of sp³-hybridized carbons (Fsp3) is 0.667. The smallest absolute Gasteiger partial charge is 0.0897 e. The summed E-state index contributed by atoms with van der Waals surface area (Å²) in [6.07, 6.45) is 2.90. The molecule has 1 N–H and O–H groups in total. The van der Waals surface area contributed by atoms with E-state index in [1.165, 1.54) is 36.1 Å². The molecule has 0 radical (unpaired) electrons. The van der Waals surface area contributed by atoms with E-state index in [1.54, 1.807) is 0 Å². The topological polar surface area (TPSA) is 24.5 Å². The summed E-state index contributed by atoms with van der Waals surface area (Å²) in [6.45, 7) is 10.7. The normalized spacial score (nSPS) is 27.6. The number of ether oxygens (including phenoxy) is 1. The second-order valence-corrected chi connectivity index (χ2v) is 6.56. The second-order valence-electron chi connectivity index (χ2n) is 6.56. The highest BCUT2D eigenvalue weighted by Gasteiger charge is 2.36. The molecule has 3 nitrogen and oxygen atoms in total. The number of hydrogen-bond acceptors (Lipinski definition) is 3. The summed E-state index contributed by atoms with van der Waals surface area (Å²) in [5, 5.41) is 3.66. The molecule has 21 heavy (non-hydrogen) atoms. The van der Waals surface area contributed by atoms with Gasteiger partial charge in [0.05, 0.1) is 18.8 Å². The van der Waals surface area contributed by atoms with Crippen LogP contribution in [0.25, 0.3) is 0 Å². The average molecular weight is 288 g/mol. The lowest BCUT2D eigenvalue weighted by Crippen LogP contribution is -2.50. The molecule has 3 rings (SSSR count). The van der Waals surface area contributed by atoms with Gasteiger partial charge in [-0.25, -0.2) is 0 Å². The molecule has 0 bridgehead atoms. The Morgan fingerprint density at radius 2 is 2.24 bits per heavy atom. The zero-order valence-electron chi connectivity index (χ0n) is 13.6. The Balaban J connectivity index is 1.82. The van der Waals surface area contributed by atoms with Crippen LogP contribution in [0.2, 0.25) is 0 Å². The van der Waals surface area contributed by atoms with Gasteiger partial charge in [-0.05, 0) is 50.9 Å². The van der Waals surface area contributed by atoms with Gasteiger partial charge in [0.2, 0.25) is 0 Å². The van der Waals surface area contributed by atoms with Crippen molar-refractivity contribution in [3.8, 4) is 0 Å². The highest BCUT2D eigenvalue weighted by Crippen LogP contribution is 2.30. The minimum atomic E-state index is 0.264. The summed E-state index contributed by atoms with van der Waals surface area (Å²) < 4.78 is 6.25. The second kappa shape index (κ2) is 6.47. The molecule has 3 atom stereocenters. The number of rotatable bonds is 4. The van der Waals surface area contributed by atoms with E-state index in [2.05, 4.69) is 49.2 Å². The monoisotopic (exact) mass is 288 g/mol. The zero-order chi connectivity index (χ0) is 14.8. The molecule has 3 heteroatoms. The van der Waals surface area contributed by atoms with Crippen molar-refractivity contribution >= 4 is 0 Å². The number of hydrogen-bond donors (Lipinski definition) is 1. The zero-order valence-corrected chi connectivity index (χ0v) is 13.6. The maximum Gasteiger partial charge on any atom is 0.0897 e. The number of aryl methyl sites for hydroxylation is 2. The van der Waals surface area contributed by atoms with Gasteiger partial charge in [-0.15, -0.1) is 0 Å². The van der Waals surface area contributed by atoms with Gasteiger partial charge in [-0.2, -0.15) is 0 Å². The van der Waals surface area contributed by atoms with Gasteiger partial charge in [0.1, 0.15) is 0 Å². The molecule has 2 heterocycles. The lowest BCUT2D eigenvalue weighted by molar-refractivity contribution is -0.0651. The van der Waals surface area contributed by atoms with Gasteiger partial charge in [0.25, 0.3) is 0 Å². The van der Waals surface area contributed by atoms with E-state index in [9.17, 15) is 0 Å². The molecule has 0 amide bonds. The fourth-order valence-electron chi connectivity index (χ4n) is 3.80. The first-order valence-electron chi connectivity index (χ1n) is 8.35. The van der Waals surface area contributed by atoms with Crippen LogP contribution < -0.4 is 5.32 Å². The van der Waals surface area contributed by atoms with E-state index < -0.39 is 0 Å². The third-order valence-electron chi connectivity index (χ3n) is 4.98. The number of benzene rings is 1. The molecule has 2 aliphatic heterocycles. The Labute approximate surface area is 128 Å². The van der Waals surface area contributed by atoms with E-state index in [0.29, 0.717) is 12.1 Å². The molecule has 2 fully saturated rings. The molecule has 0 spiro atoms. The Morgan fingerprint density at radius 1 is 1.38 bits per heavy atom. The minimum absolute atomic E-state index is 0.264. The summed E-state index contributed by atoms with van der Waals surface area (Å²) in [5.41, 5.74) is 4.09. The first kappa shape index (κ1) is 15.0. The van der Waals surface area contributed by atoms with Crippen LogP contribution in [0, 0.1) is 13.8 Å². The Kier molecular flexibility index (Phi) is 4.63. The van der Waals surface area contributed by atoms with E-state index in [1.807, 2.05) is 0 Å². The lowest BCUT2D eigenvalue weighted by Gasteiger charge is -2.39. The van der Waals surface area contributed by atoms with Crippen LogP contribution in [-0.4, -0.2) is 43.3 Å². The standard InChI is InChI=1S/C18H28N2O/c1-4-19-18(16-10-13(2)7-8-14(16)3)17-11-20-9-5-6-15(20)12-21-17/h7-8,10,15,17-19H,4-6,9,11-12H2,1-3H3. The molecular formula is C18H28N2O. The van der Waals surface area contributed by atoms with Gasteiger partial charge in [-0.3, -0.25) is 4.90 Å². The fourth-order valence-corrected chi connectivity index (χ4v) is 3.80. The Hall–Kier alpha value is -0.900. The number of fused-ring (bicyclic) bond motifs is 1. The molecule has 1 aromatic rings. The molecular weight excluding hydrogens is 260 g/mol. The number of likely N-dealkylation sites (N-methyl/N-ethyl adjacent to an activating group) is 1. The summed E-state index contributed by atoms with van der Waals surface area (Å²) in [5.74, 6) is 0. The molecule has 2 aliphatic rings. The van der Waals surface area contributed by atoms with Crippen molar-refractivity contribution in [3.05, 3.63) is 34.9 Å². The van der Waals surface area contributed by atoms with Crippen LogP contribution in [0.5, 0.6) is 0 Å². The number of morpholine rings is 1. The van der Waals surface area contributed by atoms with Crippen molar-refractivity contribution in [3.63, 3.8) is 0 Å². The molecule has 0 aliphatic carbocycles. The molecule has 2 saturated heterocycles. The van der Waals surface area contributed by atoms with Crippen LogP contribution in [0.4, 0.5) is 0 Å². The molecule has 116 valence electrons. The van der Waals surface area contributed by atoms with Crippen molar-refractivity contribution < 1.29 is 4.74 Å². The van der Waals surface area contributed by atoms with Gasteiger partial charge in [0.15, 0.2) is 0 Å². The molecule has 0 aromatic heterocycles.